The van der Waals surface area contributed by atoms with Crippen LogP contribution in [-0.2, 0) is 28.2 Å². The zero-order chi connectivity index (χ0) is 34.1. The molecule has 0 aliphatic rings. The number of hydrogen-bond acceptors (Lipinski definition) is 7. The molecular weight excluding hydrogens is 607 g/mol. The molecule has 0 aliphatic heterocycles. The molecule has 0 rings (SSSR count). The molecule has 10 heteroatoms. The van der Waals surface area contributed by atoms with Crippen molar-refractivity contribution in [2.75, 3.05) is 13.2 Å². The van der Waals surface area contributed by atoms with Crippen LogP contribution in [0.2, 0.25) is 0 Å². The highest BCUT2D eigenvalue weighted by Crippen LogP contribution is 2.35. The van der Waals surface area contributed by atoms with Crippen LogP contribution in [0.3, 0.4) is 0 Å². The van der Waals surface area contributed by atoms with E-state index >= 15 is 0 Å². The summed E-state index contributed by atoms with van der Waals surface area (Å²) in [5.41, 5.74) is 0. The molecule has 0 bridgehead atoms. The maximum atomic E-state index is 12.3. The van der Waals surface area contributed by atoms with Crippen molar-refractivity contribution in [2.45, 2.75) is 142 Å². The van der Waals surface area contributed by atoms with E-state index in [9.17, 15) is 19.3 Å². The van der Waals surface area contributed by atoms with Crippen LogP contribution in [0.15, 0.2) is 60.8 Å². The van der Waals surface area contributed by atoms with Gasteiger partial charge in [-0.05, 0) is 44.9 Å². The minimum Gasteiger partial charge on any atom is -0.462 e. The number of allylic oxidation sites excluding steroid dienone is 9. The summed E-state index contributed by atoms with van der Waals surface area (Å²) in [6.07, 6.45) is 34.1. The van der Waals surface area contributed by atoms with Crippen molar-refractivity contribution < 1.29 is 43.0 Å². The number of unbranched alkanes of at least 4 members (excludes halogenated alkanes) is 9. The second kappa shape index (κ2) is 31.3. The van der Waals surface area contributed by atoms with Gasteiger partial charge in [0.25, 0.3) is 0 Å². The predicted molar refractivity (Wildman–Crippen MR) is 185 cm³/mol. The highest BCUT2D eigenvalue weighted by atomic mass is 31.2. The molecule has 3 N–H and O–H groups in total. The van der Waals surface area contributed by atoms with E-state index in [0.717, 1.165) is 44.9 Å². The van der Waals surface area contributed by atoms with E-state index < -0.39 is 38.6 Å². The van der Waals surface area contributed by atoms with Crippen molar-refractivity contribution in [1.82, 2.24) is 0 Å². The number of phosphoric ester groups is 1. The molecule has 264 valence electrons. The highest BCUT2D eigenvalue weighted by Gasteiger charge is 2.23. The summed E-state index contributed by atoms with van der Waals surface area (Å²) >= 11 is 0. The first-order valence-electron chi connectivity index (χ1n) is 17.2. The summed E-state index contributed by atoms with van der Waals surface area (Å²) in [5.74, 6) is -1.10. The quantitative estimate of drug-likeness (QED) is 0.0225. The van der Waals surface area contributed by atoms with Gasteiger partial charge in [-0.2, -0.15) is 0 Å². The van der Waals surface area contributed by atoms with Crippen molar-refractivity contribution >= 4 is 19.8 Å². The van der Waals surface area contributed by atoms with Gasteiger partial charge in [0, 0.05) is 12.8 Å². The fraction of sp³-hybridized carbons (Fsp3) is 0.667. The van der Waals surface area contributed by atoms with Crippen molar-refractivity contribution in [3.8, 4) is 0 Å². The number of rotatable bonds is 30. The molecule has 0 saturated carbocycles. The Hall–Kier alpha value is -2.29. The van der Waals surface area contributed by atoms with Gasteiger partial charge in [0.2, 0.25) is 0 Å². The van der Waals surface area contributed by atoms with Crippen LogP contribution in [0.5, 0.6) is 0 Å². The molecule has 0 spiro atoms. The summed E-state index contributed by atoms with van der Waals surface area (Å²) in [6.45, 7) is 3.35. The molecule has 1 unspecified atom stereocenters. The van der Waals surface area contributed by atoms with E-state index in [-0.39, 0.29) is 19.4 Å². The smallest absolute Gasteiger partial charge is 0.462 e. The number of aliphatic hydroxyl groups excluding tert-OH is 1. The first kappa shape index (κ1) is 43.7. The first-order valence-corrected chi connectivity index (χ1v) is 18.7. The van der Waals surface area contributed by atoms with Crippen molar-refractivity contribution in [1.29, 1.82) is 0 Å². The van der Waals surface area contributed by atoms with Gasteiger partial charge in [0.05, 0.1) is 12.7 Å². The first-order chi connectivity index (χ1) is 22.2. The molecular formula is C36H61O9P. The topological polar surface area (TPSA) is 140 Å². The third-order valence-corrected chi connectivity index (χ3v) is 7.39. The van der Waals surface area contributed by atoms with Crippen molar-refractivity contribution in [3.63, 3.8) is 0 Å². The van der Waals surface area contributed by atoms with Crippen LogP contribution in [0, 0.1) is 0 Å². The Labute approximate surface area is 278 Å². The van der Waals surface area contributed by atoms with Crippen molar-refractivity contribution in [3.05, 3.63) is 60.8 Å². The molecule has 46 heavy (non-hydrogen) atoms. The zero-order valence-corrected chi connectivity index (χ0v) is 29.2. The van der Waals surface area contributed by atoms with E-state index in [4.69, 9.17) is 19.3 Å². The lowest BCUT2D eigenvalue weighted by Crippen LogP contribution is -2.29. The summed E-state index contributed by atoms with van der Waals surface area (Å²) in [6, 6.07) is 0. The normalized spacial score (nSPS) is 13.9. The molecule has 0 aromatic heterocycles. The van der Waals surface area contributed by atoms with Crippen molar-refractivity contribution in [2.24, 2.45) is 0 Å². The van der Waals surface area contributed by atoms with Crippen LogP contribution in [0.4, 0.5) is 0 Å². The summed E-state index contributed by atoms with van der Waals surface area (Å²) in [5, 5.41) is 10.1. The highest BCUT2D eigenvalue weighted by molar-refractivity contribution is 7.46. The standard InChI is InChI=1S/C36H61O9P/c1-3-5-7-9-11-13-15-16-17-18-20-22-24-27-33(37)28-26-30-35(38)43-31-34(32-44-46(40,41)42)45-36(39)29-25-23-21-19-14-12-10-8-6-4-2/h5,7,11,13,16-17,20,22,24,27,33-34,37H,3-4,6,8-10,12,14-15,18-19,21,23,25-26,28-32H2,1-2H3,(H2,40,41,42)/b7-5-,13-11-,17-16-,22-20-,27-24+/t33?,34-/m1/s1. The number of aliphatic hydroxyl groups is 1. The number of carbonyl (C=O) groups excluding carboxylic acids is 2. The lowest BCUT2D eigenvalue weighted by Gasteiger charge is -2.18. The molecule has 0 aliphatic carbocycles. The van der Waals surface area contributed by atoms with E-state index in [0.29, 0.717) is 19.3 Å². The molecule has 0 heterocycles. The Kier molecular flexibility index (Phi) is 29.8. The van der Waals surface area contributed by atoms with E-state index in [2.05, 4.69) is 54.8 Å². The van der Waals surface area contributed by atoms with Crippen LogP contribution in [0.1, 0.15) is 129 Å². The minimum atomic E-state index is -4.79. The van der Waals surface area contributed by atoms with E-state index in [1.165, 1.54) is 38.5 Å². The molecule has 9 nitrogen and oxygen atoms in total. The average molecular weight is 669 g/mol. The third-order valence-electron chi connectivity index (χ3n) is 6.90. The molecule has 0 fully saturated rings. The Morgan fingerprint density at radius 1 is 0.674 bits per heavy atom. The SMILES string of the molecule is CC/C=C\C/C=C\C/C=C\C/C=C\C=C\C(O)CCCC(=O)OC[C@H](COP(=O)(O)O)OC(=O)CCCCCCCCCCCC. The molecule has 2 atom stereocenters. The number of ether oxygens (including phenoxy) is 2. The van der Waals surface area contributed by atoms with Crippen LogP contribution < -0.4 is 0 Å². The Balaban J connectivity index is 4.24. The van der Waals surface area contributed by atoms with E-state index in [1.54, 1.807) is 12.2 Å². The number of phosphoric acid groups is 1. The number of carbonyl (C=O) groups is 2. The van der Waals surface area contributed by atoms with Crippen LogP contribution in [0.25, 0.3) is 0 Å². The third kappa shape index (κ3) is 33.1. The number of hydrogen-bond donors (Lipinski definition) is 3. The number of esters is 2. The fourth-order valence-corrected chi connectivity index (χ4v) is 4.70. The Morgan fingerprint density at radius 3 is 1.80 bits per heavy atom. The Bertz CT molecular complexity index is 949. The van der Waals surface area contributed by atoms with Gasteiger partial charge in [0.1, 0.15) is 6.61 Å². The van der Waals surface area contributed by atoms with Crippen LogP contribution in [-0.4, -0.2) is 52.3 Å². The summed E-state index contributed by atoms with van der Waals surface area (Å²) < 4.78 is 26.1. The van der Waals surface area contributed by atoms with Gasteiger partial charge in [-0.15, -0.1) is 0 Å². The van der Waals surface area contributed by atoms with Gasteiger partial charge in [-0.1, -0.05) is 132 Å². The van der Waals surface area contributed by atoms with Gasteiger partial charge in [-0.3, -0.25) is 14.1 Å². The van der Waals surface area contributed by atoms with Gasteiger partial charge >= 0.3 is 19.8 Å². The van der Waals surface area contributed by atoms with Gasteiger partial charge in [-0.25, -0.2) is 4.57 Å². The molecule has 0 aromatic carbocycles. The average Bonchev–Trinajstić information content (AvgIpc) is 3.01. The van der Waals surface area contributed by atoms with Gasteiger partial charge in [0.15, 0.2) is 6.10 Å². The maximum Gasteiger partial charge on any atom is 0.469 e. The van der Waals surface area contributed by atoms with Crippen LogP contribution >= 0.6 is 7.82 Å². The lowest BCUT2D eigenvalue weighted by atomic mass is 10.1. The monoisotopic (exact) mass is 668 g/mol. The van der Waals surface area contributed by atoms with E-state index in [1.807, 2.05) is 12.2 Å². The molecule has 0 amide bonds. The zero-order valence-electron chi connectivity index (χ0n) is 28.3. The summed E-state index contributed by atoms with van der Waals surface area (Å²) in [7, 11) is -4.79. The Morgan fingerprint density at radius 2 is 1.22 bits per heavy atom. The minimum absolute atomic E-state index is 0.0352. The maximum absolute atomic E-state index is 12.3. The molecule has 0 radical (unpaired) electrons. The second-order valence-corrected chi connectivity index (χ2v) is 12.6. The predicted octanol–water partition coefficient (Wildman–Crippen LogP) is 8.75. The van der Waals surface area contributed by atoms with Gasteiger partial charge < -0.3 is 24.4 Å². The lowest BCUT2D eigenvalue weighted by molar-refractivity contribution is -0.161. The fourth-order valence-electron chi connectivity index (χ4n) is 4.34. The largest absolute Gasteiger partial charge is 0.469 e. The molecule has 0 saturated heterocycles. The molecule has 0 aromatic rings. The second-order valence-electron chi connectivity index (χ2n) is 11.3. The summed E-state index contributed by atoms with van der Waals surface area (Å²) in [4.78, 5) is 42.5.